The third-order valence-corrected chi connectivity index (χ3v) is 5.58. The average molecular weight is 372 g/mol. The molecule has 0 spiro atoms. The molecule has 1 N–H and O–H groups in total. The van der Waals surface area contributed by atoms with Crippen LogP contribution in [0, 0.1) is 0 Å². The van der Waals surface area contributed by atoms with E-state index in [4.69, 9.17) is 0 Å². The number of pyridine rings is 1. The van der Waals surface area contributed by atoms with Crippen molar-refractivity contribution >= 4 is 46.2 Å². The number of hydrogen-bond donors (Lipinski definition) is 1. The molecule has 6 heteroatoms. The molecule has 27 heavy (non-hydrogen) atoms. The van der Waals surface area contributed by atoms with E-state index in [9.17, 15) is 4.79 Å². The summed E-state index contributed by atoms with van der Waals surface area (Å²) in [7, 11) is 0. The second-order valence-corrected chi connectivity index (χ2v) is 7.35. The van der Waals surface area contributed by atoms with Gasteiger partial charge in [0.05, 0.1) is 5.39 Å². The summed E-state index contributed by atoms with van der Waals surface area (Å²) in [5.41, 5.74) is 3.47. The van der Waals surface area contributed by atoms with E-state index in [1.54, 1.807) is 17.5 Å². The molecule has 132 valence electrons. The molecule has 0 aliphatic carbocycles. The molecule has 0 bridgehead atoms. The van der Waals surface area contributed by atoms with E-state index in [2.05, 4.69) is 27.1 Å². The Morgan fingerprint density at radius 1 is 1.11 bits per heavy atom. The lowest BCUT2D eigenvalue weighted by Crippen LogP contribution is -2.21. The standard InChI is InChI=1S/C21H16N4OS/c26-20-18-15(7-8-16-5-3-13-27-16)9-11-22-19(18)23-21(24-20)25-12-10-14-4-1-2-6-17(14)25/h1-9,11,13H,10,12H2,(H,22,23,24,26)/b8-7+. The van der Waals surface area contributed by atoms with Crippen molar-refractivity contribution < 1.29 is 0 Å². The van der Waals surface area contributed by atoms with Gasteiger partial charge in [0.25, 0.3) is 5.56 Å². The van der Waals surface area contributed by atoms with Crippen LogP contribution in [0.4, 0.5) is 11.6 Å². The number of para-hydroxylation sites is 1. The molecule has 0 saturated carbocycles. The zero-order valence-electron chi connectivity index (χ0n) is 14.4. The van der Waals surface area contributed by atoms with Crippen LogP contribution in [0.1, 0.15) is 16.0 Å². The van der Waals surface area contributed by atoms with Crippen molar-refractivity contribution in [3.8, 4) is 0 Å². The summed E-state index contributed by atoms with van der Waals surface area (Å²) in [4.78, 5) is 28.0. The van der Waals surface area contributed by atoms with E-state index in [1.165, 1.54) is 5.56 Å². The number of aromatic nitrogens is 3. The molecule has 0 saturated heterocycles. The van der Waals surface area contributed by atoms with Crippen molar-refractivity contribution in [3.63, 3.8) is 0 Å². The maximum atomic E-state index is 12.9. The number of fused-ring (bicyclic) bond motifs is 2. The Labute approximate surface area is 159 Å². The Morgan fingerprint density at radius 2 is 2.04 bits per heavy atom. The molecule has 0 amide bonds. The highest BCUT2D eigenvalue weighted by Crippen LogP contribution is 2.32. The number of thiophene rings is 1. The third kappa shape index (κ3) is 2.84. The van der Waals surface area contributed by atoms with Gasteiger partial charge in [-0.05, 0) is 47.2 Å². The van der Waals surface area contributed by atoms with Crippen molar-refractivity contribution in [2.24, 2.45) is 0 Å². The van der Waals surface area contributed by atoms with Crippen LogP contribution < -0.4 is 10.5 Å². The molecule has 1 aliphatic heterocycles. The fourth-order valence-corrected chi connectivity index (χ4v) is 4.08. The van der Waals surface area contributed by atoms with Crippen LogP contribution in [-0.2, 0) is 6.42 Å². The summed E-state index contributed by atoms with van der Waals surface area (Å²) < 4.78 is 0. The van der Waals surface area contributed by atoms with Gasteiger partial charge in [-0.3, -0.25) is 9.78 Å². The number of hydrogen-bond acceptors (Lipinski definition) is 5. The van der Waals surface area contributed by atoms with Crippen LogP contribution in [0.3, 0.4) is 0 Å². The van der Waals surface area contributed by atoms with Gasteiger partial charge in [-0.2, -0.15) is 4.98 Å². The Kier molecular flexibility index (Phi) is 3.83. The first-order valence-electron chi connectivity index (χ1n) is 8.76. The molecule has 5 rings (SSSR count). The van der Waals surface area contributed by atoms with E-state index in [0.717, 1.165) is 29.1 Å². The van der Waals surface area contributed by atoms with Crippen LogP contribution in [-0.4, -0.2) is 21.5 Å². The quantitative estimate of drug-likeness (QED) is 0.584. The van der Waals surface area contributed by atoms with E-state index in [1.807, 2.05) is 52.8 Å². The normalized spacial score (nSPS) is 13.6. The number of nitrogens with one attached hydrogen (secondary N) is 1. The minimum Gasteiger partial charge on any atom is -0.311 e. The molecule has 3 aromatic heterocycles. The lowest BCUT2D eigenvalue weighted by atomic mass is 10.1. The number of rotatable bonds is 3. The molecule has 0 unspecified atom stereocenters. The lowest BCUT2D eigenvalue weighted by Gasteiger charge is -2.17. The Hall–Kier alpha value is -3.25. The first-order valence-corrected chi connectivity index (χ1v) is 9.64. The molecule has 1 aliphatic rings. The highest BCUT2D eigenvalue weighted by Gasteiger charge is 2.22. The molecule has 4 heterocycles. The summed E-state index contributed by atoms with van der Waals surface area (Å²) in [6.07, 6.45) is 6.58. The van der Waals surface area contributed by atoms with E-state index in [-0.39, 0.29) is 5.56 Å². The largest absolute Gasteiger partial charge is 0.311 e. The van der Waals surface area contributed by atoms with Gasteiger partial charge in [0.15, 0.2) is 5.65 Å². The van der Waals surface area contributed by atoms with Gasteiger partial charge in [-0.1, -0.05) is 30.3 Å². The van der Waals surface area contributed by atoms with Crippen LogP contribution >= 0.6 is 11.3 Å². The molecule has 0 fully saturated rings. The molecule has 1 aromatic carbocycles. The minimum absolute atomic E-state index is 0.168. The lowest BCUT2D eigenvalue weighted by molar-refractivity contribution is 0.938. The minimum atomic E-state index is -0.168. The summed E-state index contributed by atoms with van der Waals surface area (Å²) >= 11 is 1.65. The van der Waals surface area contributed by atoms with Crippen molar-refractivity contribution in [3.05, 3.63) is 80.4 Å². The molecule has 5 nitrogen and oxygen atoms in total. The summed E-state index contributed by atoms with van der Waals surface area (Å²) in [5, 5.41) is 2.54. The fourth-order valence-electron chi connectivity index (χ4n) is 3.46. The van der Waals surface area contributed by atoms with Crippen LogP contribution in [0.2, 0.25) is 0 Å². The van der Waals surface area contributed by atoms with E-state index in [0.29, 0.717) is 17.0 Å². The van der Waals surface area contributed by atoms with Gasteiger partial charge in [0, 0.05) is 23.3 Å². The maximum Gasteiger partial charge on any atom is 0.262 e. The second-order valence-electron chi connectivity index (χ2n) is 6.37. The van der Waals surface area contributed by atoms with Gasteiger partial charge in [-0.15, -0.1) is 11.3 Å². The maximum absolute atomic E-state index is 12.9. The van der Waals surface area contributed by atoms with Gasteiger partial charge in [0.1, 0.15) is 0 Å². The van der Waals surface area contributed by atoms with Crippen LogP contribution in [0.15, 0.2) is 58.8 Å². The van der Waals surface area contributed by atoms with Crippen LogP contribution in [0.25, 0.3) is 23.2 Å². The van der Waals surface area contributed by atoms with Crippen LogP contribution in [0.5, 0.6) is 0 Å². The summed E-state index contributed by atoms with van der Waals surface area (Å²) in [5.74, 6) is 0.546. The molecule has 0 radical (unpaired) electrons. The molecular formula is C21H16N4OS. The predicted molar refractivity (Wildman–Crippen MR) is 111 cm³/mol. The highest BCUT2D eigenvalue weighted by molar-refractivity contribution is 7.10. The predicted octanol–water partition coefficient (Wildman–Crippen LogP) is 4.24. The third-order valence-electron chi connectivity index (χ3n) is 4.74. The Bertz CT molecular complexity index is 1210. The molecular weight excluding hydrogens is 356 g/mol. The smallest absolute Gasteiger partial charge is 0.262 e. The van der Waals surface area contributed by atoms with Crippen molar-refractivity contribution in [1.82, 2.24) is 15.0 Å². The summed E-state index contributed by atoms with van der Waals surface area (Å²) in [6.45, 7) is 0.797. The number of anilines is 2. The van der Waals surface area contributed by atoms with Gasteiger partial charge in [0.2, 0.25) is 5.95 Å². The summed E-state index contributed by atoms with van der Waals surface area (Å²) in [6, 6.07) is 14.1. The Balaban J connectivity index is 1.60. The van der Waals surface area contributed by atoms with Crippen molar-refractivity contribution in [2.75, 3.05) is 11.4 Å². The SMILES string of the molecule is O=c1[nH]c(N2CCc3ccccc32)nc2nccc(/C=C/c3cccs3)c12. The van der Waals surface area contributed by atoms with Gasteiger partial charge < -0.3 is 4.90 Å². The zero-order valence-corrected chi connectivity index (χ0v) is 15.2. The monoisotopic (exact) mass is 372 g/mol. The number of nitrogens with zero attached hydrogens (tertiary/aromatic N) is 3. The second kappa shape index (κ2) is 6.48. The van der Waals surface area contributed by atoms with Crippen molar-refractivity contribution in [2.45, 2.75) is 6.42 Å². The topological polar surface area (TPSA) is 61.9 Å². The van der Waals surface area contributed by atoms with Crippen molar-refractivity contribution in [1.29, 1.82) is 0 Å². The first-order chi connectivity index (χ1) is 13.3. The number of aromatic amines is 1. The highest BCUT2D eigenvalue weighted by atomic mass is 32.1. The number of H-pyrrole nitrogens is 1. The average Bonchev–Trinajstić information content (AvgIpc) is 3.35. The van der Waals surface area contributed by atoms with E-state index >= 15 is 0 Å². The first kappa shape index (κ1) is 16.0. The van der Waals surface area contributed by atoms with Gasteiger partial charge >= 0.3 is 0 Å². The Morgan fingerprint density at radius 3 is 2.93 bits per heavy atom. The zero-order chi connectivity index (χ0) is 18.2. The molecule has 4 aromatic rings. The fraction of sp³-hybridized carbons (Fsp3) is 0.0952. The van der Waals surface area contributed by atoms with E-state index < -0.39 is 0 Å². The molecule has 0 atom stereocenters. The number of benzene rings is 1. The van der Waals surface area contributed by atoms with Gasteiger partial charge in [-0.25, -0.2) is 4.98 Å².